The highest BCUT2D eigenvalue weighted by molar-refractivity contribution is 14.1. The molecule has 0 aliphatic rings. The number of benzene rings is 1. The number of terminal acetylenes is 1. The molecule has 0 saturated carbocycles. The summed E-state index contributed by atoms with van der Waals surface area (Å²) in [6.07, 6.45) is 5.74. The van der Waals surface area contributed by atoms with Crippen LogP contribution >= 0.6 is 22.6 Å². The molecule has 0 saturated heterocycles. The van der Waals surface area contributed by atoms with Gasteiger partial charge < -0.3 is 10.0 Å². The molecule has 0 unspecified atom stereocenters. The lowest BCUT2D eigenvalue weighted by atomic mass is 9.78. The predicted octanol–water partition coefficient (Wildman–Crippen LogP) is 0.455. The summed E-state index contributed by atoms with van der Waals surface area (Å²) in [5.41, 5.74) is 2.57. The Kier molecular flexibility index (Phi) is 3.99. The Bertz CT molecular complexity index is 382. The molecule has 0 fully saturated rings. The van der Waals surface area contributed by atoms with Crippen LogP contribution in [0.2, 0.25) is 0 Å². The second-order valence-electron chi connectivity index (χ2n) is 3.04. The lowest BCUT2D eigenvalue weighted by Crippen LogP contribution is -2.30. The summed E-state index contributed by atoms with van der Waals surface area (Å²) in [6, 6.07) is 3.49. The van der Waals surface area contributed by atoms with E-state index in [0.29, 0.717) is 11.9 Å². The van der Waals surface area contributed by atoms with Crippen molar-refractivity contribution in [2.24, 2.45) is 0 Å². The molecule has 0 spiro atoms. The molecule has 0 aliphatic carbocycles. The number of hydrogen-bond donors (Lipinski definition) is 2. The molecule has 0 atom stereocenters. The van der Waals surface area contributed by atoms with Gasteiger partial charge in [-0.2, -0.15) is 0 Å². The van der Waals surface area contributed by atoms with Gasteiger partial charge in [0.2, 0.25) is 0 Å². The van der Waals surface area contributed by atoms with Crippen LogP contribution in [0.25, 0.3) is 0 Å². The zero-order chi connectivity index (χ0) is 10.7. The predicted molar refractivity (Wildman–Crippen MR) is 66.3 cm³/mol. The first-order valence-electron chi connectivity index (χ1n) is 4.14. The van der Waals surface area contributed by atoms with Crippen molar-refractivity contribution >= 4 is 35.2 Å². The highest BCUT2D eigenvalue weighted by atomic mass is 127. The number of halogens is 1. The van der Waals surface area contributed by atoms with Gasteiger partial charge in [0.1, 0.15) is 0 Å². The molecule has 72 valence electrons. The second kappa shape index (κ2) is 4.83. The summed E-state index contributed by atoms with van der Waals surface area (Å²) in [5.74, 6) is 2.55. The molecular weight excluding hydrogens is 290 g/mol. The second-order valence-corrected chi connectivity index (χ2v) is 4.20. The van der Waals surface area contributed by atoms with Crippen molar-refractivity contribution in [1.82, 2.24) is 0 Å². The van der Waals surface area contributed by atoms with Gasteiger partial charge in [-0.3, -0.25) is 0 Å². The minimum Gasteiger partial charge on any atom is -0.423 e. The fourth-order valence-electron chi connectivity index (χ4n) is 1.20. The van der Waals surface area contributed by atoms with Crippen LogP contribution in [0.4, 0.5) is 0 Å². The third kappa shape index (κ3) is 2.50. The summed E-state index contributed by atoms with van der Waals surface area (Å²) in [5, 5.41) is 18.1. The van der Waals surface area contributed by atoms with Crippen LogP contribution in [0.1, 0.15) is 11.1 Å². The molecule has 0 bridgehead atoms. The van der Waals surface area contributed by atoms with Crippen molar-refractivity contribution in [3.63, 3.8) is 0 Å². The van der Waals surface area contributed by atoms with Crippen molar-refractivity contribution in [1.29, 1.82) is 0 Å². The van der Waals surface area contributed by atoms with Crippen LogP contribution in [-0.4, -0.2) is 17.2 Å². The van der Waals surface area contributed by atoms with Gasteiger partial charge in [0.15, 0.2) is 0 Å². The molecule has 2 nitrogen and oxygen atoms in total. The molecule has 0 aliphatic heterocycles. The average molecular weight is 300 g/mol. The van der Waals surface area contributed by atoms with E-state index in [0.717, 1.165) is 14.7 Å². The van der Waals surface area contributed by atoms with E-state index in [1.807, 2.05) is 6.92 Å². The van der Waals surface area contributed by atoms with E-state index in [-0.39, 0.29) is 0 Å². The average Bonchev–Trinajstić information content (AvgIpc) is 2.12. The van der Waals surface area contributed by atoms with Gasteiger partial charge in [-0.05, 0) is 52.2 Å². The molecule has 0 heterocycles. The molecule has 0 radical (unpaired) electrons. The summed E-state index contributed by atoms with van der Waals surface area (Å²) in [4.78, 5) is 0. The molecule has 0 aromatic heterocycles. The van der Waals surface area contributed by atoms with Gasteiger partial charge in [0.05, 0.1) is 0 Å². The van der Waals surface area contributed by atoms with Crippen LogP contribution in [-0.2, 0) is 6.42 Å². The van der Waals surface area contributed by atoms with E-state index in [2.05, 4.69) is 28.5 Å². The first-order valence-corrected chi connectivity index (χ1v) is 5.22. The van der Waals surface area contributed by atoms with E-state index >= 15 is 0 Å². The molecular formula is C10H10BIO2. The Balaban J connectivity index is 3.22. The first kappa shape index (κ1) is 11.6. The Morgan fingerprint density at radius 1 is 1.50 bits per heavy atom. The van der Waals surface area contributed by atoms with E-state index in [4.69, 9.17) is 16.5 Å². The van der Waals surface area contributed by atoms with Gasteiger partial charge >= 0.3 is 7.12 Å². The van der Waals surface area contributed by atoms with Crippen molar-refractivity contribution in [2.75, 3.05) is 0 Å². The van der Waals surface area contributed by atoms with E-state index < -0.39 is 7.12 Å². The zero-order valence-corrected chi connectivity index (χ0v) is 9.95. The van der Waals surface area contributed by atoms with Gasteiger partial charge in [-0.25, -0.2) is 0 Å². The minimum absolute atomic E-state index is 0.491. The minimum atomic E-state index is -1.43. The van der Waals surface area contributed by atoms with Crippen LogP contribution in [0.5, 0.6) is 0 Å². The molecule has 1 aromatic carbocycles. The van der Waals surface area contributed by atoms with E-state index in [9.17, 15) is 0 Å². The summed E-state index contributed by atoms with van der Waals surface area (Å²) in [7, 11) is -1.43. The zero-order valence-electron chi connectivity index (χ0n) is 7.79. The van der Waals surface area contributed by atoms with Gasteiger partial charge in [0, 0.05) is 9.99 Å². The normalized spacial score (nSPS) is 9.64. The van der Waals surface area contributed by atoms with Crippen molar-refractivity contribution in [2.45, 2.75) is 13.3 Å². The Labute approximate surface area is 97.6 Å². The fourth-order valence-corrected chi connectivity index (χ4v) is 1.91. The van der Waals surface area contributed by atoms with Crippen molar-refractivity contribution in [3.05, 3.63) is 26.8 Å². The Hall–Kier alpha value is -0.505. The molecule has 2 N–H and O–H groups in total. The largest absolute Gasteiger partial charge is 0.488 e. The molecule has 1 rings (SSSR count). The lowest BCUT2D eigenvalue weighted by Gasteiger charge is -2.08. The summed E-state index contributed by atoms with van der Waals surface area (Å²) < 4.78 is 0.999. The number of hydrogen-bond acceptors (Lipinski definition) is 2. The van der Waals surface area contributed by atoms with Crippen LogP contribution in [0, 0.1) is 22.8 Å². The van der Waals surface area contributed by atoms with Crippen LogP contribution in [0.3, 0.4) is 0 Å². The Morgan fingerprint density at radius 3 is 2.64 bits per heavy atom. The van der Waals surface area contributed by atoms with Gasteiger partial charge in [0.25, 0.3) is 0 Å². The molecule has 0 amide bonds. The third-order valence-corrected chi connectivity index (χ3v) is 3.19. The highest BCUT2D eigenvalue weighted by Gasteiger charge is 2.14. The Morgan fingerprint density at radius 2 is 2.14 bits per heavy atom. The van der Waals surface area contributed by atoms with E-state index in [1.165, 1.54) is 0 Å². The van der Waals surface area contributed by atoms with Gasteiger partial charge in [-0.15, -0.1) is 12.3 Å². The fraction of sp³-hybridized carbons (Fsp3) is 0.200. The lowest BCUT2D eigenvalue weighted by molar-refractivity contribution is 0.425. The molecule has 1 aromatic rings. The SMILES string of the molecule is C#CCc1cc(B(O)O)cc(I)c1C. The van der Waals surface area contributed by atoms with Gasteiger partial charge in [-0.1, -0.05) is 6.07 Å². The maximum Gasteiger partial charge on any atom is 0.488 e. The topological polar surface area (TPSA) is 40.5 Å². The number of rotatable bonds is 2. The van der Waals surface area contributed by atoms with Crippen LogP contribution < -0.4 is 5.46 Å². The molecule has 4 heteroatoms. The highest BCUT2D eigenvalue weighted by Crippen LogP contribution is 2.15. The third-order valence-electron chi connectivity index (χ3n) is 2.06. The quantitative estimate of drug-likeness (QED) is 0.473. The summed E-state index contributed by atoms with van der Waals surface area (Å²) in [6.45, 7) is 1.97. The summed E-state index contributed by atoms with van der Waals surface area (Å²) >= 11 is 2.16. The maximum atomic E-state index is 9.03. The monoisotopic (exact) mass is 300 g/mol. The smallest absolute Gasteiger partial charge is 0.423 e. The molecule has 14 heavy (non-hydrogen) atoms. The van der Waals surface area contributed by atoms with E-state index in [1.54, 1.807) is 12.1 Å². The van der Waals surface area contributed by atoms with Crippen molar-refractivity contribution in [3.8, 4) is 12.3 Å². The van der Waals surface area contributed by atoms with Crippen LogP contribution in [0.15, 0.2) is 12.1 Å². The standard InChI is InChI=1S/C10H10BIO2/c1-3-4-8-5-9(11(13)14)6-10(12)7(8)2/h1,5-6,13-14H,4H2,2H3. The van der Waals surface area contributed by atoms with Crippen molar-refractivity contribution < 1.29 is 10.0 Å². The maximum absolute atomic E-state index is 9.03. The first-order chi connectivity index (χ1) is 6.56.